The number of nitrogens with one attached hydrogen (secondary N) is 1. The van der Waals surface area contributed by atoms with Crippen molar-refractivity contribution in [3.8, 4) is 0 Å². The SMILES string of the molecule is CC(C)(C)OC=O.COCOCC1(CN)CCNC1. The third-order valence-corrected chi connectivity index (χ3v) is 2.78. The Morgan fingerprint density at radius 3 is 2.42 bits per heavy atom. The van der Waals surface area contributed by atoms with E-state index in [2.05, 4.69) is 10.1 Å². The fourth-order valence-corrected chi connectivity index (χ4v) is 1.64. The summed E-state index contributed by atoms with van der Waals surface area (Å²) >= 11 is 0. The van der Waals surface area contributed by atoms with Gasteiger partial charge in [0.05, 0.1) is 6.61 Å². The predicted molar refractivity (Wildman–Crippen MR) is 73.7 cm³/mol. The minimum Gasteiger partial charge on any atom is -0.462 e. The molecule has 1 atom stereocenters. The first-order valence-corrected chi connectivity index (χ1v) is 6.48. The van der Waals surface area contributed by atoms with Crippen LogP contribution >= 0.6 is 0 Å². The van der Waals surface area contributed by atoms with Gasteiger partial charge in [-0.1, -0.05) is 0 Å². The molecule has 1 aliphatic rings. The van der Waals surface area contributed by atoms with Crippen LogP contribution in [0.1, 0.15) is 27.2 Å². The van der Waals surface area contributed by atoms with Crippen LogP contribution in [0.4, 0.5) is 0 Å². The van der Waals surface area contributed by atoms with Crippen molar-refractivity contribution in [3.05, 3.63) is 0 Å². The zero-order chi connectivity index (χ0) is 14.8. The molecule has 0 aromatic heterocycles. The van der Waals surface area contributed by atoms with Gasteiger partial charge in [0.15, 0.2) is 0 Å². The summed E-state index contributed by atoms with van der Waals surface area (Å²) in [6.45, 7) is 9.68. The number of methoxy groups -OCH3 is 1. The Hall–Kier alpha value is -0.690. The van der Waals surface area contributed by atoms with Gasteiger partial charge in [-0.25, -0.2) is 0 Å². The van der Waals surface area contributed by atoms with Gasteiger partial charge in [0.1, 0.15) is 12.4 Å². The lowest BCUT2D eigenvalue weighted by Crippen LogP contribution is -2.37. The average Bonchev–Trinajstić information content (AvgIpc) is 2.78. The van der Waals surface area contributed by atoms with Gasteiger partial charge in [0.25, 0.3) is 6.47 Å². The van der Waals surface area contributed by atoms with E-state index in [4.69, 9.17) is 15.2 Å². The van der Waals surface area contributed by atoms with Crippen molar-refractivity contribution < 1.29 is 19.0 Å². The summed E-state index contributed by atoms with van der Waals surface area (Å²) in [7, 11) is 1.63. The minimum absolute atomic E-state index is 0.151. The highest BCUT2D eigenvalue weighted by atomic mass is 16.7. The molecule has 0 amide bonds. The maximum atomic E-state index is 9.60. The van der Waals surface area contributed by atoms with E-state index < -0.39 is 0 Å². The van der Waals surface area contributed by atoms with Crippen LogP contribution in [0.3, 0.4) is 0 Å². The predicted octanol–water partition coefficient (Wildman–Crippen LogP) is 0.503. The fourth-order valence-electron chi connectivity index (χ4n) is 1.64. The van der Waals surface area contributed by atoms with E-state index in [9.17, 15) is 4.79 Å². The molecule has 0 aromatic rings. The second kappa shape index (κ2) is 9.25. The molecule has 6 nitrogen and oxygen atoms in total. The molecule has 6 heteroatoms. The second-order valence-electron chi connectivity index (χ2n) is 5.71. The van der Waals surface area contributed by atoms with E-state index in [-0.39, 0.29) is 11.0 Å². The maximum absolute atomic E-state index is 9.60. The van der Waals surface area contributed by atoms with Crippen molar-refractivity contribution in [2.24, 2.45) is 11.1 Å². The molecule has 1 saturated heterocycles. The summed E-state index contributed by atoms with van der Waals surface area (Å²) in [5.41, 5.74) is 5.52. The lowest BCUT2D eigenvalue weighted by Gasteiger charge is -2.25. The molecule has 19 heavy (non-hydrogen) atoms. The number of rotatable bonds is 6. The topological polar surface area (TPSA) is 82.8 Å². The standard InChI is InChI=1S/C8H18N2O2.C5H10O2/c1-11-7-12-6-8(4-9)2-3-10-5-8;1-5(2,3)7-4-6/h10H,2-7,9H2,1H3;4H,1-3H3. The van der Waals surface area contributed by atoms with Crippen molar-refractivity contribution in [2.75, 3.05) is 40.1 Å². The van der Waals surface area contributed by atoms with Crippen molar-refractivity contribution in [1.29, 1.82) is 0 Å². The Kier molecular flexibility index (Phi) is 8.92. The van der Waals surface area contributed by atoms with Gasteiger partial charge in [-0.05, 0) is 33.7 Å². The van der Waals surface area contributed by atoms with Gasteiger partial charge < -0.3 is 25.3 Å². The highest BCUT2D eigenvalue weighted by Gasteiger charge is 2.32. The fraction of sp³-hybridized carbons (Fsp3) is 0.923. The summed E-state index contributed by atoms with van der Waals surface area (Å²) in [6, 6.07) is 0. The van der Waals surface area contributed by atoms with Crippen molar-refractivity contribution >= 4 is 6.47 Å². The Morgan fingerprint density at radius 2 is 2.11 bits per heavy atom. The van der Waals surface area contributed by atoms with Crippen LogP contribution in [-0.4, -0.2) is 52.2 Å². The van der Waals surface area contributed by atoms with E-state index >= 15 is 0 Å². The monoisotopic (exact) mass is 276 g/mol. The first kappa shape index (κ1) is 18.3. The molecule has 1 rings (SSSR count). The molecule has 1 fully saturated rings. The smallest absolute Gasteiger partial charge is 0.293 e. The van der Waals surface area contributed by atoms with Gasteiger partial charge in [0.2, 0.25) is 0 Å². The molecular weight excluding hydrogens is 248 g/mol. The van der Waals surface area contributed by atoms with E-state index in [0.717, 1.165) is 19.5 Å². The number of nitrogens with two attached hydrogens (primary N) is 1. The van der Waals surface area contributed by atoms with E-state index in [1.165, 1.54) is 0 Å². The van der Waals surface area contributed by atoms with Gasteiger partial charge >= 0.3 is 0 Å². The lowest BCUT2D eigenvalue weighted by molar-refractivity contribution is -0.138. The van der Waals surface area contributed by atoms with Gasteiger partial charge in [-0.2, -0.15) is 0 Å². The molecule has 1 heterocycles. The normalized spacial score (nSPS) is 22.6. The number of carbonyl (C=O) groups is 1. The van der Waals surface area contributed by atoms with Gasteiger partial charge in [-0.15, -0.1) is 0 Å². The Morgan fingerprint density at radius 1 is 1.42 bits per heavy atom. The van der Waals surface area contributed by atoms with Crippen LogP contribution in [0.25, 0.3) is 0 Å². The van der Waals surface area contributed by atoms with Crippen molar-refractivity contribution in [3.63, 3.8) is 0 Å². The number of carbonyl (C=O) groups excluding carboxylic acids is 1. The van der Waals surface area contributed by atoms with E-state index in [0.29, 0.717) is 26.4 Å². The van der Waals surface area contributed by atoms with Crippen LogP contribution in [0.15, 0.2) is 0 Å². The first-order valence-electron chi connectivity index (χ1n) is 6.48. The summed E-state index contributed by atoms with van der Waals surface area (Å²) in [6.07, 6.45) is 1.10. The summed E-state index contributed by atoms with van der Waals surface area (Å²) < 4.78 is 14.7. The van der Waals surface area contributed by atoms with Crippen molar-refractivity contribution in [2.45, 2.75) is 32.8 Å². The van der Waals surface area contributed by atoms with Gasteiger partial charge in [-0.3, -0.25) is 4.79 Å². The molecular formula is C13H28N2O4. The molecule has 3 N–H and O–H groups in total. The van der Waals surface area contributed by atoms with Crippen LogP contribution in [0.2, 0.25) is 0 Å². The average molecular weight is 276 g/mol. The number of hydrogen-bond acceptors (Lipinski definition) is 6. The number of ether oxygens (including phenoxy) is 3. The Balaban J connectivity index is 0.000000399. The largest absolute Gasteiger partial charge is 0.462 e. The summed E-state index contributed by atoms with van der Waals surface area (Å²) in [4.78, 5) is 9.60. The van der Waals surface area contributed by atoms with E-state index in [1.807, 2.05) is 20.8 Å². The zero-order valence-electron chi connectivity index (χ0n) is 12.5. The lowest BCUT2D eigenvalue weighted by atomic mass is 9.88. The molecule has 1 aliphatic heterocycles. The molecule has 0 radical (unpaired) electrons. The summed E-state index contributed by atoms with van der Waals surface area (Å²) in [5, 5.41) is 3.29. The quantitative estimate of drug-likeness (QED) is 0.418. The zero-order valence-corrected chi connectivity index (χ0v) is 12.5. The first-order chi connectivity index (χ1) is 8.89. The van der Waals surface area contributed by atoms with E-state index in [1.54, 1.807) is 7.11 Å². The molecule has 0 spiro atoms. The minimum atomic E-state index is -0.318. The van der Waals surface area contributed by atoms with Crippen molar-refractivity contribution in [1.82, 2.24) is 5.32 Å². The van der Waals surface area contributed by atoms with Crippen LogP contribution < -0.4 is 11.1 Å². The van der Waals surface area contributed by atoms with Crippen LogP contribution in [-0.2, 0) is 19.0 Å². The Labute approximate surface area is 116 Å². The second-order valence-corrected chi connectivity index (χ2v) is 5.71. The highest BCUT2D eigenvalue weighted by Crippen LogP contribution is 2.23. The summed E-state index contributed by atoms with van der Waals surface area (Å²) in [5.74, 6) is 0. The molecule has 0 aromatic carbocycles. The maximum Gasteiger partial charge on any atom is 0.293 e. The third kappa shape index (κ3) is 8.93. The third-order valence-electron chi connectivity index (χ3n) is 2.78. The molecule has 0 aliphatic carbocycles. The van der Waals surface area contributed by atoms with Crippen LogP contribution in [0.5, 0.6) is 0 Å². The molecule has 0 saturated carbocycles. The van der Waals surface area contributed by atoms with Crippen LogP contribution in [0, 0.1) is 5.41 Å². The molecule has 0 bridgehead atoms. The van der Waals surface area contributed by atoms with Gasteiger partial charge in [0, 0.05) is 25.6 Å². The Bertz CT molecular complexity index is 235. The number of hydrogen-bond donors (Lipinski definition) is 2. The molecule has 1 unspecified atom stereocenters. The highest BCUT2D eigenvalue weighted by molar-refractivity contribution is 5.37. The molecule has 114 valence electrons.